The average Bonchev–Trinajstić information content (AvgIpc) is 2.90. The van der Waals surface area contributed by atoms with Crippen LogP contribution in [-0.2, 0) is 4.74 Å². The topological polar surface area (TPSA) is 71.6 Å². The van der Waals surface area contributed by atoms with Gasteiger partial charge in [0.25, 0.3) is 5.91 Å². The number of esters is 1. The molecule has 26 heavy (non-hydrogen) atoms. The van der Waals surface area contributed by atoms with E-state index < -0.39 is 5.97 Å². The summed E-state index contributed by atoms with van der Waals surface area (Å²) in [6.45, 7) is 8.39. The maximum Gasteiger partial charge on any atom is 0.340 e. The minimum atomic E-state index is -0.414. The van der Waals surface area contributed by atoms with Crippen molar-refractivity contribution in [1.29, 1.82) is 0 Å². The molecule has 0 spiro atoms. The number of aryl methyl sites for hydroxylation is 2. The molecule has 0 unspecified atom stereocenters. The molecule has 2 aromatic rings. The van der Waals surface area contributed by atoms with Crippen LogP contribution in [0.5, 0.6) is 5.75 Å². The Bertz CT molecular complexity index is 778. The largest absolute Gasteiger partial charge is 0.492 e. The van der Waals surface area contributed by atoms with Crippen molar-refractivity contribution < 1.29 is 19.1 Å². The molecule has 0 saturated carbocycles. The van der Waals surface area contributed by atoms with Gasteiger partial charge in [-0.25, -0.2) is 4.79 Å². The second kappa shape index (κ2) is 8.56. The summed E-state index contributed by atoms with van der Waals surface area (Å²) in [5, 5.41) is 0. The number of carbonyl (C=O) groups is 2. The van der Waals surface area contributed by atoms with Gasteiger partial charge in [-0.15, -0.1) is 0 Å². The molecule has 0 bridgehead atoms. The van der Waals surface area contributed by atoms with Crippen molar-refractivity contribution in [3.8, 4) is 5.75 Å². The Morgan fingerprint density at radius 3 is 2.38 bits per heavy atom. The van der Waals surface area contributed by atoms with Crippen LogP contribution in [0.1, 0.15) is 44.6 Å². The number of rotatable bonds is 7. The monoisotopic (exact) mass is 358 g/mol. The Morgan fingerprint density at radius 2 is 1.77 bits per heavy atom. The van der Waals surface area contributed by atoms with Crippen LogP contribution in [0.25, 0.3) is 0 Å². The van der Waals surface area contributed by atoms with Crippen LogP contribution in [0.2, 0.25) is 0 Å². The van der Waals surface area contributed by atoms with Crippen LogP contribution in [0.4, 0.5) is 0 Å². The molecule has 0 saturated heterocycles. The van der Waals surface area contributed by atoms with E-state index in [1.165, 1.54) is 5.56 Å². The van der Waals surface area contributed by atoms with Gasteiger partial charge in [-0.3, -0.25) is 4.79 Å². The highest BCUT2D eigenvalue weighted by Crippen LogP contribution is 2.20. The molecule has 0 radical (unpaired) electrons. The van der Waals surface area contributed by atoms with E-state index in [4.69, 9.17) is 9.47 Å². The molecule has 0 aliphatic heterocycles. The molecule has 0 aliphatic carbocycles. The zero-order valence-electron chi connectivity index (χ0n) is 16.0. The van der Waals surface area contributed by atoms with Gasteiger partial charge in [-0.1, -0.05) is 17.7 Å². The highest BCUT2D eigenvalue weighted by molar-refractivity contribution is 6.00. The molecule has 1 heterocycles. The minimum absolute atomic E-state index is 0.186. The fourth-order valence-corrected chi connectivity index (χ4v) is 2.70. The molecule has 6 heteroatoms. The van der Waals surface area contributed by atoms with Gasteiger partial charge in [0, 0.05) is 12.7 Å². The van der Waals surface area contributed by atoms with Crippen LogP contribution in [0.15, 0.2) is 24.3 Å². The predicted octanol–water partition coefficient (Wildman–Crippen LogP) is 3.27. The van der Waals surface area contributed by atoms with E-state index in [0.717, 1.165) is 5.75 Å². The number of hydrogen-bond donors (Lipinski definition) is 1. The van der Waals surface area contributed by atoms with Crippen molar-refractivity contribution >= 4 is 11.9 Å². The van der Waals surface area contributed by atoms with Crippen LogP contribution < -0.4 is 4.74 Å². The Hall–Kier alpha value is -2.76. The van der Waals surface area contributed by atoms with E-state index in [1.807, 2.05) is 31.2 Å². The lowest BCUT2D eigenvalue weighted by molar-refractivity contribution is 0.0525. The highest BCUT2D eigenvalue weighted by atomic mass is 16.5. The number of aromatic nitrogens is 1. The Labute approximate surface area is 154 Å². The van der Waals surface area contributed by atoms with E-state index >= 15 is 0 Å². The summed E-state index contributed by atoms with van der Waals surface area (Å²) in [5.74, 6) is 0.171. The van der Waals surface area contributed by atoms with Crippen molar-refractivity contribution in [2.45, 2.75) is 27.7 Å². The van der Waals surface area contributed by atoms with Gasteiger partial charge in [0.2, 0.25) is 0 Å². The highest BCUT2D eigenvalue weighted by Gasteiger charge is 2.24. The molecule has 6 nitrogen and oxygen atoms in total. The van der Waals surface area contributed by atoms with Crippen molar-refractivity contribution in [3.05, 3.63) is 52.3 Å². The van der Waals surface area contributed by atoms with Gasteiger partial charge < -0.3 is 19.4 Å². The summed E-state index contributed by atoms with van der Waals surface area (Å²) >= 11 is 0. The first-order valence-corrected chi connectivity index (χ1v) is 8.66. The molecule has 1 amide bonds. The fraction of sp³-hybridized carbons (Fsp3) is 0.400. The van der Waals surface area contributed by atoms with E-state index in [9.17, 15) is 9.59 Å². The summed E-state index contributed by atoms with van der Waals surface area (Å²) in [7, 11) is 1.71. The number of ether oxygens (including phenoxy) is 2. The standard InChI is InChI=1S/C20H26N2O4/c1-6-25-20(24)17-14(3)18(21-15(17)4)19(23)22(5)11-12-26-16-9-7-13(2)8-10-16/h7-10,21H,6,11-12H2,1-5H3. The van der Waals surface area contributed by atoms with E-state index in [2.05, 4.69) is 4.98 Å². The smallest absolute Gasteiger partial charge is 0.340 e. The first-order valence-electron chi connectivity index (χ1n) is 8.66. The first kappa shape index (κ1) is 19.6. The molecule has 140 valence electrons. The van der Waals surface area contributed by atoms with Gasteiger partial charge in [0.05, 0.1) is 18.7 Å². The number of carbonyl (C=O) groups excluding carboxylic acids is 2. The third-order valence-electron chi connectivity index (χ3n) is 4.19. The molecule has 1 N–H and O–H groups in total. The number of benzene rings is 1. The number of hydrogen-bond acceptors (Lipinski definition) is 4. The average molecular weight is 358 g/mol. The molecule has 0 atom stereocenters. The molecule has 0 aliphatic rings. The minimum Gasteiger partial charge on any atom is -0.492 e. The lowest BCUT2D eigenvalue weighted by Gasteiger charge is -2.17. The number of amides is 1. The third kappa shape index (κ3) is 4.45. The van der Waals surface area contributed by atoms with E-state index in [0.29, 0.717) is 42.3 Å². The summed E-state index contributed by atoms with van der Waals surface area (Å²) in [4.78, 5) is 29.3. The molecular formula is C20H26N2O4. The maximum atomic E-state index is 12.7. The molecular weight excluding hydrogens is 332 g/mol. The lowest BCUT2D eigenvalue weighted by Crippen LogP contribution is -2.31. The number of likely N-dealkylation sites (N-methyl/N-ethyl adjacent to an activating group) is 1. The predicted molar refractivity (Wildman–Crippen MR) is 99.9 cm³/mol. The van der Waals surface area contributed by atoms with Crippen LogP contribution >= 0.6 is 0 Å². The van der Waals surface area contributed by atoms with E-state index in [-0.39, 0.29) is 5.91 Å². The van der Waals surface area contributed by atoms with Crippen molar-refractivity contribution in [1.82, 2.24) is 9.88 Å². The summed E-state index contributed by atoms with van der Waals surface area (Å²) < 4.78 is 10.7. The van der Waals surface area contributed by atoms with Gasteiger partial charge in [-0.2, -0.15) is 0 Å². The second-order valence-corrected chi connectivity index (χ2v) is 6.23. The molecule has 2 rings (SSSR count). The summed E-state index contributed by atoms with van der Waals surface area (Å²) in [5.41, 5.74) is 3.24. The van der Waals surface area contributed by atoms with Crippen LogP contribution in [-0.4, -0.2) is 48.6 Å². The van der Waals surface area contributed by atoms with Crippen LogP contribution in [0, 0.1) is 20.8 Å². The zero-order chi connectivity index (χ0) is 19.3. The Kier molecular flexibility index (Phi) is 6.44. The Morgan fingerprint density at radius 1 is 1.12 bits per heavy atom. The van der Waals surface area contributed by atoms with Gasteiger partial charge in [0.1, 0.15) is 18.1 Å². The quantitative estimate of drug-likeness (QED) is 0.771. The number of nitrogens with one attached hydrogen (secondary N) is 1. The summed E-state index contributed by atoms with van der Waals surface area (Å²) in [6, 6.07) is 7.76. The van der Waals surface area contributed by atoms with Gasteiger partial charge in [0.15, 0.2) is 0 Å². The number of aromatic amines is 1. The molecule has 1 aromatic carbocycles. The lowest BCUT2D eigenvalue weighted by atomic mass is 10.1. The molecule has 1 aromatic heterocycles. The third-order valence-corrected chi connectivity index (χ3v) is 4.19. The van der Waals surface area contributed by atoms with Crippen molar-refractivity contribution in [3.63, 3.8) is 0 Å². The van der Waals surface area contributed by atoms with Gasteiger partial charge in [-0.05, 0) is 45.4 Å². The number of nitrogens with zero attached hydrogens (tertiary/aromatic N) is 1. The first-order chi connectivity index (χ1) is 12.3. The zero-order valence-corrected chi connectivity index (χ0v) is 16.0. The summed E-state index contributed by atoms with van der Waals surface area (Å²) in [6.07, 6.45) is 0. The van der Waals surface area contributed by atoms with E-state index in [1.54, 1.807) is 32.7 Å². The Balaban J connectivity index is 2.00. The number of H-pyrrole nitrogens is 1. The molecule has 0 fully saturated rings. The van der Waals surface area contributed by atoms with Gasteiger partial charge >= 0.3 is 5.97 Å². The van der Waals surface area contributed by atoms with Crippen molar-refractivity contribution in [2.24, 2.45) is 0 Å². The SMILES string of the molecule is CCOC(=O)c1c(C)[nH]c(C(=O)N(C)CCOc2ccc(C)cc2)c1C. The maximum absolute atomic E-state index is 12.7. The fourth-order valence-electron chi connectivity index (χ4n) is 2.70. The second-order valence-electron chi connectivity index (χ2n) is 6.23. The van der Waals surface area contributed by atoms with Crippen molar-refractivity contribution in [2.75, 3.05) is 26.8 Å². The van der Waals surface area contributed by atoms with Crippen LogP contribution in [0.3, 0.4) is 0 Å². The normalized spacial score (nSPS) is 10.5.